The van der Waals surface area contributed by atoms with Gasteiger partial charge >= 0.3 is 11.5 Å². The van der Waals surface area contributed by atoms with E-state index in [1.54, 1.807) is 0 Å². The lowest BCUT2D eigenvalue weighted by molar-refractivity contribution is -0.397. The van der Waals surface area contributed by atoms with Crippen LogP contribution in [0.15, 0.2) is 6.07 Å². The predicted octanol–water partition coefficient (Wildman–Crippen LogP) is 2.20. The van der Waals surface area contributed by atoms with Gasteiger partial charge in [-0.05, 0) is 21.5 Å². The van der Waals surface area contributed by atoms with Crippen LogP contribution in [-0.4, -0.2) is 14.8 Å². The number of rotatable bonds is 2. The molecule has 74 valence electrons. The van der Waals surface area contributed by atoms with E-state index in [0.29, 0.717) is 6.07 Å². The molecular formula is C5HCl2N3O4. The van der Waals surface area contributed by atoms with E-state index in [2.05, 4.69) is 4.98 Å². The number of nitrogens with zero attached hydrogens (tertiary/aromatic N) is 3. The number of hydrogen-bond donors (Lipinski definition) is 0. The second-order valence-corrected chi connectivity index (χ2v) is 2.85. The van der Waals surface area contributed by atoms with Gasteiger partial charge in [-0.15, -0.1) is 0 Å². The van der Waals surface area contributed by atoms with Gasteiger partial charge in [0.05, 0.1) is 4.92 Å². The summed E-state index contributed by atoms with van der Waals surface area (Å²) in [7, 11) is 0. The van der Waals surface area contributed by atoms with E-state index < -0.39 is 31.5 Å². The van der Waals surface area contributed by atoms with Crippen molar-refractivity contribution < 1.29 is 9.85 Å². The van der Waals surface area contributed by atoms with Crippen molar-refractivity contribution in [2.45, 2.75) is 0 Å². The molecule has 0 amide bonds. The molecule has 0 atom stereocenters. The summed E-state index contributed by atoms with van der Waals surface area (Å²) in [6.45, 7) is 0. The van der Waals surface area contributed by atoms with Crippen LogP contribution in [0, 0.1) is 20.2 Å². The lowest BCUT2D eigenvalue weighted by Crippen LogP contribution is -1.97. The maximum Gasteiger partial charge on any atom is 0.372 e. The molecule has 1 rings (SSSR count). The maximum absolute atomic E-state index is 10.4. The highest BCUT2D eigenvalue weighted by atomic mass is 35.5. The summed E-state index contributed by atoms with van der Waals surface area (Å²) in [6.07, 6.45) is 0. The second-order valence-electron chi connectivity index (χ2n) is 2.12. The van der Waals surface area contributed by atoms with Gasteiger partial charge in [0.2, 0.25) is 0 Å². The molecule has 0 aliphatic rings. The van der Waals surface area contributed by atoms with E-state index in [1.165, 1.54) is 0 Å². The fraction of sp³-hybridized carbons (Fsp3) is 0. The minimum absolute atomic E-state index is 0.415. The smallest absolute Gasteiger partial charge is 0.358 e. The number of nitro groups is 2. The van der Waals surface area contributed by atoms with Gasteiger partial charge in [-0.25, -0.2) is 0 Å². The van der Waals surface area contributed by atoms with E-state index in [9.17, 15) is 20.2 Å². The van der Waals surface area contributed by atoms with Gasteiger partial charge in [-0.2, -0.15) is 0 Å². The molecule has 0 aliphatic carbocycles. The fourth-order valence-corrected chi connectivity index (χ4v) is 1.05. The van der Waals surface area contributed by atoms with Gasteiger partial charge in [-0.1, -0.05) is 11.6 Å². The SMILES string of the molecule is O=[N+]([O-])c1cc([N+](=O)[O-])c(Cl)c(Cl)n1. The lowest BCUT2D eigenvalue weighted by Gasteiger charge is -1.95. The molecule has 0 saturated carbocycles. The Balaban J connectivity index is 3.43. The number of halogens is 2. The molecule has 0 fully saturated rings. The van der Waals surface area contributed by atoms with Crippen molar-refractivity contribution in [1.29, 1.82) is 0 Å². The Morgan fingerprint density at radius 1 is 1.21 bits per heavy atom. The molecule has 1 aromatic heterocycles. The zero-order valence-corrected chi connectivity index (χ0v) is 7.82. The number of pyridine rings is 1. The van der Waals surface area contributed by atoms with E-state index in [-0.39, 0.29) is 0 Å². The minimum atomic E-state index is -0.894. The highest BCUT2D eigenvalue weighted by Gasteiger charge is 2.25. The third-order valence-corrected chi connectivity index (χ3v) is 2.01. The summed E-state index contributed by atoms with van der Waals surface area (Å²) in [6, 6.07) is 0.647. The Morgan fingerprint density at radius 3 is 2.21 bits per heavy atom. The average Bonchev–Trinajstić information content (AvgIpc) is 2.08. The first-order valence-corrected chi connectivity index (χ1v) is 3.84. The molecule has 0 unspecified atom stereocenters. The molecular weight excluding hydrogens is 237 g/mol. The van der Waals surface area contributed by atoms with Gasteiger partial charge in [0, 0.05) is 0 Å². The molecule has 1 aromatic rings. The van der Waals surface area contributed by atoms with Gasteiger partial charge in [-0.3, -0.25) is 10.1 Å². The van der Waals surface area contributed by atoms with Gasteiger partial charge in [0.15, 0.2) is 5.02 Å². The normalized spacial score (nSPS) is 9.86. The van der Waals surface area contributed by atoms with Crippen LogP contribution in [0.25, 0.3) is 0 Å². The Kier molecular flexibility index (Phi) is 2.82. The third-order valence-electron chi connectivity index (χ3n) is 1.27. The van der Waals surface area contributed by atoms with Crippen LogP contribution >= 0.6 is 23.2 Å². The Hall–Kier alpha value is -1.47. The van der Waals surface area contributed by atoms with Crippen molar-refractivity contribution in [3.8, 4) is 0 Å². The van der Waals surface area contributed by atoms with Crippen LogP contribution in [0.2, 0.25) is 10.2 Å². The molecule has 0 saturated heterocycles. The zero-order chi connectivity index (χ0) is 10.9. The highest BCUT2D eigenvalue weighted by molar-refractivity contribution is 6.42. The summed E-state index contributed by atoms with van der Waals surface area (Å²) in [5, 5.41) is 19.7. The Labute approximate surface area is 86.6 Å². The molecule has 14 heavy (non-hydrogen) atoms. The summed E-state index contributed by atoms with van der Waals surface area (Å²) in [5.41, 5.74) is -0.640. The second kappa shape index (κ2) is 3.72. The number of hydrogen-bond acceptors (Lipinski definition) is 5. The van der Waals surface area contributed by atoms with E-state index in [1.807, 2.05) is 0 Å². The van der Waals surface area contributed by atoms with Gasteiger partial charge in [0.25, 0.3) is 5.15 Å². The van der Waals surface area contributed by atoms with E-state index in [4.69, 9.17) is 23.2 Å². The summed E-state index contributed by atoms with van der Waals surface area (Å²) in [5.74, 6) is -0.717. The van der Waals surface area contributed by atoms with Gasteiger partial charge < -0.3 is 10.1 Å². The highest BCUT2D eigenvalue weighted by Crippen LogP contribution is 2.32. The van der Waals surface area contributed by atoms with E-state index >= 15 is 0 Å². The summed E-state index contributed by atoms with van der Waals surface area (Å²) in [4.78, 5) is 22.1. The van der Waals surface area contributed by atoms with Crippen LogP contribution in [0.4, 0.5) is 11.5 Å². The van der Waals surface area contributed by atoms with Gasteiger partial charge in [0.1, 0.15) is 6.07 Å². The molecule has 0 bridgehead atoms. The third kappa shape index (κ3) is 1.88. The first-order valence-electron chi connectivity index (χ1n) is 3.08. The van der Waals surface area contributed by atoms with Crippen molar-refractivity contribution in [3.63, 3.8) is 0 Å². The molecule has 0 radical (unpaired) electrons. The molecule has 0 spiro atoms. The average molecular weight is 238 g/mol. The lowest BCUT2D eigenvalue weighted by atomic mass is 10.4. The van der Waals surface area contributed by atoms with E-state index in [0.717, 1.165) is 0 Å². The largest absolute Gasteiger partial charge is 0.372 e. The summed E-state index contributed by atoms with van der Waals surface area (Å²) >= 11 is 10.8. The molecule has 0 aromatic carbocycles. The molecule has 0 aliphatic heterocycles. The molecule has 0 N–H and O–H groups in total. The monoisotopic (exact) mass is 237 g/mol. The molecule has 7 nitrogen and oxygen atoms in total. The van der Waals surface area contributed by atoms with Crippen LogP contribution in [0.1, 0.15) is 0 Å². The number of aromatic nitrogens is 1. The van der Waals surface area contributed by atoms with Crippen molar-refractivity contribution in [3.05, 3.63) is 36.5 Å². The predicted molar refractivity (Wildman–Crippen MR) is 47.6 cm³/mol. The van der Waals surface area contributed by atoms with Crippen molar-refractivity contribution in [2.24, 2.45) is 0 Å². The van der Waals surface area contributed by atoms with Crippen molar-refractivity contribution in [1.82, 2.24) is 4.98 Å². The topological polar surface area (TPSA) is 99.2 Å². The van der Waals surface area contributed by atoms with Crippen LogP contribution in [-0.2, 0) is 0 Å². The van der Waals surface area contributed by atoms with Crippen molar-refractivity contribution >= 4 is 34.7 Å². The van der Waals surface area contributed by atoms with Crippen molar-refractivity contribution in [2.75, 3.05) is 0 Å². The van der Waals surface area contributed by atoms with Crippen LogP contribution in [0.5, 0.6) is 0 Å². The minimum Gasteiger partial charge on any atom is -0.358 e. The first kappa shape index (κ1) is 10.6. The Morgan fingerprint density at radius 2 is 1.79 bits per heavy atom. The Bertz CT molecular complexity index is 422. The van der Waals surface area contributed by atoms with Crippen LogP contribution in [0.3, 0.4) is 0 Å². The molecule has 9 heteroatoms. The zero-order valence-electron chi connectivity index (χ0n) is 6.31. The standard InChI is InChI=1S/C5HCl2N3O4/c6-4-2(9(11)12)1-3(10(13)14)8-5(4)7/h1H. The molecule has 1 heterocycles. The summed E-state index contributed by atoms with van der Waals surface area (Å²) < 4.78 is 0. The van der Waals surface area contributed by atoms with Crippen LogP contribution < -0.4 is 0 Å². The maximum atomic E-state index is 10.4. The quantitative estimate of drug-likeness (QED) is 0.446. The fourth-order valence-electron chi connectivity index (χ4n) is 0.700. The first-order chi connectivity index (χ1) is 6.43.